The third-order valence-electron chi connectivity index (χ3n) is 5.39. The number of aliphatic hydroxyl groups is 1. The molecule has 0 amide bonds. The van der Waals surface area contributed by atoms with Crippen molar-refractivity contribution < 1.29 is 14.2 Å². The fourth-order valence-corrected chi connectivity index (χ4v) is 3.87. The maximum Gasteiger partial charge on any atom is 0.229 e. The second-order valence-corrected chi connectivity index (χ2v) is 7.33. The number of aryl methyl sites for hydroxylation is 1. The number of nitrogens with zero attached hydrogens (tertiary/aromatic N) is 5. The zero-order chi connectivity index (χ0) is 20.7. The summed E-state index contributed by atoms with van der Waals surface area (Å²) in [6, 6.07) is 10.3. The van der Waals surface area contributed by atoms with Gasteiger partial charge in [-0.15, -0.1) is 10.2 Å². The third kappa shape index (κ3) is 3.21. The molecule has 0 saturated heterocycles. The van der Waals surface area contributed by atoms with Crippen molar-refractivity contribution in [2.24, 2.45) is 0 Å². The molecular formula is C21H21FN6O2. The summed E-state index contributed by atoms with van der Waals surface area (Å²) < 4.78 is 22.9. The molecule has 0 saturated carbocycles. The van der Waals surface area contributed by atoms with Crippen LogP contribution in [-0.2, 0) is 17.9 Å². The van der Waals surface area contributed by atoms with Gasteiger partial charge in [0.1, 0.15) is 12.4 Å². The number of hydrogen-bond acceptors (Lipinski definition) is 6. The van der Waals surface area contributed by atoms with E-state index in [2.05, 4.69) is 20.6 Å². The highest BCUT2D eigenvalue weighted by atomic mass is 19.1. The molecule has 2 aromatic carbocycles. The van der Waals surface area contributed by atoms with Crippen LogP contribution in [0.15, 0.2) is 42.6 Å². The molecule has 2 aromatic heterocycles. The largest absolute Gasteiger partial charge is 0.394 e. The van der Waals surface area contributed by atoms with Crippen molar-refractivity contribution in [3.8, 4) is 0 Å². The first-order valence-electron chi connectivity index (χ1n) is 9.75. The minimum atomic E-state index is -0.277. The molecule has 8 nitrogen and oxygen atoms in total. The minimum Gasteiger partial charge on any atom is -0.394 e. The Kier molecular flexibility index (Phi) is 4.68. The molecule has 1 atom stereocenters. The van der Waals surface area contributed by atoms with Gasteiger partial charge in [-0.2, -0.15) is 5.10 Å². The number of rotatable bonds is 5. The average molecular weight is 408 g/mol. The molecule has 9 heteroatoms. The Labute approximate surface area is 171 Å². The maximum atomic E-state index is 13.4. The number of benzene rings is 2. The lowest BCUT2D eigenvalue weighted by atomic mass is 10.1. The Balaban J connectivity index is 1.54. The first-order chi connectivity index (χ1) is 14.6. The van der Waals surface area contributed by atoms with Crippen molar-refractivity contribution in [2.75, 3.05) is 18.5 Å². The highest BCUT2D eigenvalue weighted by Crippen LogP contribution is 2.31. The average Bonchev–Trinajstić information content (AvgIpc) is 3.33. The fourth-order valence-electron chi connectivity index (χ4n) is 3.87. The van der Waals surface area contributed by atoms with Gasteiger partial charge < -0.3 is 15.2 Å². The molecule has 2 N–H and O–H groups in total. The van der Waals surface area contributed by atoms with E-state index in [-0.39, 0.29) is 18.5 Å². The van der Waals surface area contributed by atoms with Crippen molar-refractivity contribution in [1.29, 1.82) is 0 Å². The van der Waals surface area contributed by atoms with E-state index in [0.29, 0.717) is 31.5 Å². The zero-order valence-electron chi connectivity index (χ0n) is 16.4. The van der Waals surface area contributed by atoms with Gasteiger partial charge in [0.15, 0.2) is 5.82 Å². The summed E-state index contributed by atoms with van der Waals surface area (Å²) in [5.74, 6) is 1.03. The standard InChI is InChI=1S/C21H21FN6O2/c1-13-8-15-10-23-27(6-7-29)18(15)9-17(13)24-21-26-25-20-12-30-11-19(28(20)21)14-2-4-16(22)5-3-14/h2-5,8-10,19,29H,6-7,11-12H2,1H3,(H,24,26)/t19-/m0/s1. The Bertz CT molecular complexity index is 1200. The molecule has 1 aliphatic heterocycles. The first-order valence-corrected chi connectivity index (χ1v) is 9.75. The molecule has 0 bridgehead atoms. The van der Waals surface area contributed by atoms with Gasteiger partial charge in [0, 0.05) is 11.1 Å². The highest BCUT2D eigenvalue weighted by Gasteiger charge is 2.27. The number of hydrogen-bond donors (Lipinski definition) is 2. The minimum absolute atomic E-state index is 0.0183. The van der Waals surface area contributed by atoms with Gasteiger partial charge in [-0.1, -0.05) is 12.1 Å². The van der Waals surface area contributed by atoms with Gasteiger partial charge in [0.05, 0.1) is 37.5 Å². The van der Waals surface area contributed by atoms with Crippen LogP contribution in [0.4, 0.5) is 16.0 Å². The van der Waals surface area contributed by atoms with Crippen molar-refractivity contribution in [3.05, 3.63) is 65.4 Å². The number of fused-ring (bicyclic) bond motifs is 2. The second-order valence-electron chi connectivity index (χ2n) is 7.33. The summed E-state index contributed by atoms with van der Waals surface area (Å²) in [4.78, 5) is 0. The summed E-state index contributed by atoms with van der Waals surface area (Å²) in [6.07, 6.45) is 1.79. The molecule has 1 aliphatic rings. The van der Waals surface area contributed by atoms with E-state index in [9.17, 15) is 9.50 Å². The van der Waals surface area contributed by atoms with Crippen LogP contribution in [0, 0.1) is 12.7 Å². The number of anilines is 2. The van der Waals surface area contributed by atoms with Gasteiger partial charge in [-0.25, -0.2) is 4.39 Å². The molecule has 0 radical (unpaired) electrons. The Morgan fingerprint density at radius 2 is 2.07 bits per heavy atom. The SMILES string of the molecule is Cc1cc2cnn(CCO)c2cc1Nc1nnc2n1[C@H](c1ccc(F)cc1)COC2. The number of ether oxygens (including phenoxy) is 1. The Hall–Kier alpha value is -3.30. The number of aliphatic hydroxyl groups excluding tert-OH is 1. The van der Waals surface area contributed by atoms with E-state index in [1.807, 2.05) is 23.6 Å². The van der Waals surface area contributed by atoms with Crippen LogP contribution in [0.2, 0.25) is 0 Å². The zero-order valence-corrected chi connectivity index (χ0v) is 16.4. The van der Waals surface area contributed by atoms with E-state index in [0.717, 1.165) is 27.7 Å². The van der Waals surface area contributed by atoms with Crippen molar-refractivity contribution >= 4 is 22.5 Å². The predicted molar refractivity (Wildman–Crippen MR) is 109 cm³/mol. The van der Waals surface area contributed by atoms with E-state index in [1.54, 1.807) is 23.0 Å². The molecular weight excluding hydrogens is 387 g/mol. The topological polar surface area (TPSA) is 90.0 Å². The van der Waals surface area contributed by atoms with Crippen molar-refractivity contribution in [3.63, 3.8) is 0 Å². The quantitative estimate of drug-likeness (QED) is 0.528. The van der Waals surface area contributed by atoms with E-state index in [4.69, 9.17) is 4.74 Å². The lowest BCUT2D eigenvalue weighted by Gasteiger charge is -2.27. The molecule has 154 valence electrons. The molecule has 0 unspecified atom stereocenters. The van der Waals surface area contributed by atoms with Gasteiger partial charge in [-0.3, -0.25) is 9.25 Å². The normalized spacial score (nSPS) is 16.0. The summed E-state index contributed by atoms with van der Waals surface area (Å²) in [5.41, 5.74) is 3.76. The molecule has 30 heavy (non-hydrogen) atoms. The molecule has 0 aliphatic carbocycles. The van der Waals surface area contributed by atoms with Gasteiger partial charge in [0.25, 0.3) is 0 Å². The molecule has 4 aromatic rings. The van der Waals surface area contributed by atoms with E-state index >= 15 is 0 Å². The van der Waals surface area contributed by atoms with Crippen molar-refractivity contribution in [2.45, 2.75) is 26.1 Å². The summed E-state index contributed by atoms with van der Waals surface area (Å²) in [6.45, 7) is 3.28. The maximum absolute atomic E-state index is 13.4. The number of nitrogens with one attached hydrogen (secondary N) is 1. The van der Waals surface area contributed by atoms with Crippen LogP contribution in [-0.4, -0.2) is 42.9 Å². The van der Waals surface area contributed by atoms with Gasteiger partial charge in [0.2, 0.25) is 5.95 Å². The summed E-state index contributed by atoms with van der Waals surface area (Å²) >= 11 is 0. The summed E-state index contributed by atoms with van der Waals surface area (Å²) in [7, 11) is 0. The van der Waals surface area contributed by atoms with E-state index < -0.39 is 0 Å². The van der Waals surface area contributed by atoms with Crippen LogP contribution in [0.5, 0.6) is 0 Å². The van der Waals surface area contributed by atoms with Gasteiger partial charge >= 0.3 is 0 Å². The Morgan fingerprint density at radius 1 is 1.23 bits per heavy atom. The molecule has 0 spiro atoms. The van der Waals surface area contributed by atoms with Crippen LogP contribution < -0.4 is 5.32 Å². The molecule has 5 rings (SSSR count). The fraction of sp³-hybridized carbons (Fsp3) is 0.286. The molecule has 3 heterocycles. The van der Waals surface area contributed by atoms with Gasteiger partial charge in [-0.05, 0) is 42.3 Å². The highest BCUT2D eigenvalue weighted by molar-refractivity contribution is 5.85. The smallest absolute Gasteiger partial charge is 0.229 e. The van der Waals surface area contributed by atoms with Crippen molar-refractivity contribution in [1.82, 2.24) is 24.5 Å². The monoisotopic (exact) mass is 408 g/mol. The predicted octanol–water partition coefficient (Wildman–Crippen LogP) is 2.93. The second kappa shape index (κ2) is 7.51. The lowest BCUT2D eigenvalue weighted by Crippen LogP contribution is -2.25. The van der Waals surface area contributed by atoms with E-state index in [1.165, 1.54) is 12.1 Å². The number of aromatic nitrogens is 5. The van der Waals surface area contributed by atoms with Crippen LogP contribution in [0.25, 0.3) is 10.9 Å². The number of halogens is 1. The lowest BCUT2D eigenvalue weighted by molar-refractivity contribution is 0.0670. The summed E-state index contributed by atoms with van der Waals surface area (Å²) in [5, 5.41) is 26.6. The van der Waals surface area contributed by atoms with Crippen LogP contribution >= 0.6 is 0 Å². The van der Waals surface area contributed by atoms with Crippen LogP contribution in [0.1, 0.15) is 23.0 Å². The first kappa shape index (κ1) is 18.7. The Morgan fingerprint density at radius 3 is 2.87 bits per heavy atom. The molecule has 0 fully saturated rings. The van der Waals surface area contributed by atoms with Crippen LogP contribution in [0.3, 0.4) is 0 Å². The third-order valence-corrected chi connectivity index (χ3v) is 5.39.